The quantitative estimate of drug-likeness (QED) is 0.795. The van der Waals surface area contributed by atoms with Gasteiger partial charge in [0.05, 0.1) is 5.69 Å². The number of hydrogen-bond acceptors (Lipinski definition) is 5. The van der Waals surface area contributed by atoms with Crippen LogP contribution in [0.1, 0.15) is 24.4 Å². The van der Waals surface area contributed by atoms with Crippen LogP contribution in [0.15, 0.2) is 21.9 Å². The summed E-state index contributed by atoms with van der Waals surface area (Å²) in [7, 11) is 1.48. The molecule has 0 aromatic carbocycles. The standard InChI is InChI=1S/C16H22N6O2/c1-20-15(23)7-14(19-16(20)24)21-6-4-11(10-21)17-8-12-9-18-13-3-2-5-22(12)13/h7,9,11,17H,2-6,8,10H2,1H3,(H,19,24)/t11-/m1/s1. The smallest absolute Gasteiger partial charge is 0.329 e. The molecule has 0 saturated carbocycles. The highest BCUT2D eigenvalue weighted by molar-refractivity contribution is 5.38. The van der Waals surface area contributed by atoms with Gasteiger partial charge in [-0.1, -0.05) is 0 Å². The first-order valence-electron chi connectivity index (χ1n) is 8.44. The Kier molecular flexibility index (Phi) is 3.76. The summed E-state index contributed by atoms with van der Waals surface area (Å²) in [6, 6.07) is 1.83. The van der Waals surface area contributed by atoms with Crippen LogP contribution in [0.2, 0.25) is 0 Å². The number of anilines is 1. The molecule has 1 fully saturated rings. The largest absolute Gasteiger partial charge is 0.356 e. The molecule has 1 atom stereocenters. The van der Waals surface area contributed by atoms with Crippen LogP contribution in [0.25, 0.3) is 0 Å². The van der Waals surface area contributed by atoms with Gasteiger partial charge in [-0.05, 0) is 12.8 Å². The Labute approximate surface area is 139 Å². The summed E-state index contributed by atoms with van der Waals surface area (Å²) >= 11 is 0. The Morgan fingerprint density at radius 2 is 2.25 bits per heavy atom. The highest BCUT2D eigenvalue weighted by Gasteiger charge is 2.24. The molecule has 2 aliphatic heterocycles. The van der Waals surface area contributed by atoms with Crippen molar-refractivity contribution in [3.8, 4) is 0 Å². The van der Waals surface area contributed by atoms with Gasteiger partial charge in [-0.15, -0.1) is 0 Å². The minimum atomic E-state index is -0.372. The number of nitrogens with one attached hydrogen (secondary N) is 2. The van der Waals surface area contributed by atoms with Gasteiger partial charge >= 0.3 is 5.69 Å². The van der Waals surface area contributed by atoms with Crippen molar-refractivity contribution in [2.24, 2.45) is 7.05 Å². The number of H-pyrrole nitrogens is 1. The van der Waals surface area contributed by atoms with E-state index in [1.807, 2.05) is 6.20 Å². The van der Waals surface area contributed by atoms with E-state index in [1.54, 1.807) is 0 Å². The zero-order valence-electron chi connectivity index (χ0n) is 13.8. The maximum absolute atomic E-state index is 11.8. The lowest BCUT2D eigenvalue weighted by Gasteiger charge is -2.18. The van der Waals surface area contributed by atoms with E-state index < -0.39 is 0 Å². The Balaban J connectivity index is 1.40. The molecule has 0 aliphatic carbocycles. The molecule has 2 aliphatic rings. The monoisotopic (exact) mass is 330 g/mol. The molecule has 4 rings (SSSR count). The van der Waals surface area contributed by atoms with Crippen molar-refractivity contribution in [3.05, 3.63) is 44.6 Å². The fourth-order valence-corrected chi connectivity index (χ4v) is 3.57. The Morgan fingerprint density at radius 3 is 3.08 bits per heavy atom. The second-order valence-corrected chi connectivity index (χ2v) is 6.59. The molecule has 2 N–H and O–H groups in total. The molecule has 1 saturated heterocycles. The molecular formula is C16H22N6O2. The van der Waals surface area contributed by atoms with Crippen molar-refractivity contribution in [2.75, 3.05) is 18.0 Å². The third kappa shape index (κ3) is 2.66. The van der Waals surface area contributed by atoms with Crippen LogP contribution in [-0.4, -0.2) is 38.2 Å². The average Bonchev–Trinajstić information content (AvgIpc) is 3.27. The third-order valence-corrected chi connectivity index (χ3v) is 5.03. The lowest BCUT2D eigenvalue weighted by atomic mass is 10.2. The number of fused-ring (bicyclic) bond motifs is 1. The van der Waals surface area contributed by atoms with Crippen LogP contribution < -0.4 is 21.5 Å². The number of aromatic amines is 1. The summed E-state index contributed by atoms with van der Waals surface area (Å²) in [6.07, 6.45) is 5.21. The Morgan fingerprint density at radius 1 is 1.38 bits per heavy atom. The van der Waals surface area contributed by atoms with Gasteiger partial charge in [-0.3, -0.25) is 14.3 Å². The second kappa shape index (κ2) is 5.94. The molecule has 2 aromatic heterocycles. The lowest BCUT2D eigenvalue weighted by Crippen LogP contribution is -2.37. The zero-order valence-corrected chi connectivity index (χ0v) is 13.8. The number of hydrogen-bond donors (Lipinski definition) is 2. The van der Waals surface area contributed by atoms with E-state index in [4.69, 9.17) is 0 Å². The summed E-state index contributed by atoms with van der Waals surface area (Å²) in [5.41, 5.74) is 0.589. The summed E-state index contributed by atoms with van der Waals surface area (Å²) < 4.78 is 3.38. The molecule has 0 amide bonds. The number of aryl methyl sites for hydroxylation is 1. The van der Waals surface area contributed by atoms with Gasteiger partial charge in [0.15, 0.2) is 0 Å². The number of rotatable bonds is 4. The van der Waals surface area contributed by atoms with Crippen molar-refractivity contribution in [2.45, 2.75) is 38.4 Å². The molecule has 8 heteroatoms. The third-order valence-electron chi connectivity index (χ3n) is 5.03. The molecule has 24 heavy (non-hydrogen) atoms. The first-order valence-corrected chi connectivity index (χ1v) is 8.44. The molecule has 0 unspecified atom stereocenters. The Bertz CT molecular complexity index is 833. The van der Waals surface area contributed by atoms with Crippen molar-refractivity contribution in [3.63, 3.8) is 0 Å². The number of imidazole rings is 1. The highest BCUT2D eigenvalue weighted by atomic mass is 16.2. The van der Waals surface area contributed by atoms with Gasteiger partial charge < -0.3 is 14.8 Å². The molecule has 8 nitrogen and oxygen atoms in total. The predicted molar refractivity (Wildman–Crippen MR) is 90.3 cm³/mol. The van der Waals surface area contributed by atoms with Gasteiger partial charge in [0.1, 0.15) is 11.6 Å². The molecule has 0 bridgehead atoms. The maximum atomic E-state index is 11.8. The van der Waals surface area contributed by atoms with E-state index in [0.29, 0.717) is 11.9 Å². The van der Waals surface area contributed by atoms with Crippen molar-refractivity contribution in [1.29, 1.82) is 0 Å². The van der Waals surface area contributed by atoms with Crippen LogP contribution in [0.5, 0.6) is 0 Å². The molecule has 0 spiro atoms. The highest BCUT2D eigenvalue weighted by Crippen LogP contribution is 2.18. The minimum Gasteiger partial charge on any atom is -0.356 e. The molecule has 0 radical (unpaired) electrons. The van der Waals surface area contributed by atoms with Crippen LogP contribution in [-0.2, 0) is 26.6 Å². The first-order chi connectivity index (χ1) is 11.6. The summed E-state index contributed by atoms with van der Waals surface area (Å²) in [6.45, 7) is 3.48. The summed E-state index contributed by atoms with van der Waals surface area (Å²) in [5.74, 6) is 1.80. The van der Waals surface area contributed by atoms with E-state index in [0.717, 1.165) is 43.6 Å². The number of nitrogens with zero attached hydrogens (tertiary/aromatic N) is 4. The normalized spacial score (nSPS) is 19.9. The first kappa shape index (κ1) is 15.2. The molecule has 2 aromatic rings. The molecular weight excluding hydrogens is 308 g/mol. The maximum Gasteiger partial charge on any atom is 0.329 e. The fourth-order valence-electron chi connectivity index (χ4n) is 3.57. The van der Waals surface area contributed by atoms with Gasteiger partial charge in [-0.25, -0.2) is 9.78 Å². The van der Waals surface area contributed by atoms with Crippen LogP contribution >= 0.6 is 0 Å². The lowest BCUT2D eigenvalue weighted by molar-refractivity contribution is 0.532. The zero-order chi connectivity index (χ0) is 16.7. The van der Waals surface area contributed by atoms with E-state index in [9.17, 15) is 9.59 Å². The van der Waals surface area contributed by atoms with Crippen LogP contribution in [0.4, 0.5) is 5.82 Å². The predicted octanol–water partition coefficient (Wildman–Crippen LogP) is -0.415. The van der Waals surface area contributed by atoms with Crippen molar-refractivity contribution in [1.82, 2.24) is 24.4 Å². The van der Waals surface area contributed by atoms with E-state index in [1.165, 1.54) is 31.1 Å². The Hall–Kier alpha value is -2.35. The van der Waals surface area contributed by atoms with Gasteiger partial charge in [0.2, 0.25) is 0 Å². The number of aromatic nitrogens is 4. The SMILES string of the molecule is Cn1c(=O)cc(N2CC[C@@H](NCc3cnc4n3CCC4)C2)[nH]c1=O. The molecule has 128 valence electrons. The summed E-state index contributed by atoms with van der Waals surface area (Å²) in [4.78, 5) is 32.8. The van der Waals surface area contributed by atoms with E-state index >= 15 is 0 Å². The minimum absolute atomic E-state index is 0.278. The van der Waals surface area contributed by atoms with Crippen LogP contribution in [0.3, 0.4) is 0 Å². The van der Waals surface area contributed by atoms with Gasteiger partial charge in [0, 0.05) is 58.0 Å². The van der Waals surface area contributed by atoms with E-state index in [2.05, 4.69) is 24.8 Å². The van der Waals surface area contributed by atoms with Crippen molar-refractivity contribution < 1.29 is 0 Å². The van der Waals surface area contributed by atoms with E-state index in [-0.39, 0.29) is 11.2 Å². The van der Waals surface area contributed by atoms with Gasteiger partial charge in [0.25, 0.3) is 5.56 Å². The molecule has 4 heterocycles. The fraction of sp³-hybridized carbons (Fsp3) is 0.562. The topological polar surface area (TPSA) is 87.9 Å². The summed E-state index contributed by atoms with van der Waals surface area (Å²) in [5, 5.41) is 3.58. The van der Waals surface area contributed by atoms with Gasteiger partial charge in [-0.2, -0.15) is 0 Å². The van der Waals surface area contributed by atoms with Crippen molar-refractivity contribution >= 4 is 5.82 Å². The second-order valence-electron chi connectivity index (χ2n) is 6.59. The van der Waals surface area contributed by atoms with Crippen LogP contribution in [0, 0.1) is 0 Å². The average molecular weight is 330 g/mol.